The maximum absolute atomic E-state index is 11.2. The van der Waals surface area contributed by atoms with E-state index in [-0.39, 0.29) is 17.9 Å². The van der Waals surface area contributed by atoms with Crippen LogP contribution in [-0.4, -0.2) is 18.2 Å². The van der Waals surface area contributed by atoms with E-state index < -0.39 is 5.97 Å². The van der Waals surface area contributed by atoms with Crippen LogP contribution in [0.2, 0.25) is 0 Å². The van der Waals surface area contributed by atoms with Crippen LogP contribution in [-0.2, 0) is 6.61 Å². The first-order chi connectivity index (χ1) is 10.0. The summed E-state index contributed by atoms with van der Waals surface area (Å²) in [7, 11) is 1.59. The molecule has 0 aromatic heterocycles. The number of ether oxygens (including phenoxy) is 2. The predicted octanol–water partition coefficient (Wildman–Crippen LogP) is 3.32. The molecule has 0 aliphatic heterocycles. The fraction of sp³-hybridized carbons (Fsp3) is 0.133. The minimum absolute atomic E-state index is 0.0441. The van der Waals surface area contributed by atoms with Crippen molar-refractivity contribution in [3.8, 4) is 11.5 Å². The molecule has 0 aliphatic rings. The van der Waals surface area contributed by atoms with Crippen LogP contribution in [0.5, 0.6) is 11.5 Å². The summed E-state index contributed by atoms with van der Waals surface area (Å²) in [5.41, 5.74) is 6.90. The largest absolute Gasteiger partial charge is 0.496 e. The van der Waals surface area contributed by atoms with Crippen LogP contribution >= 0.6 is 15.9 Å². The number of rotatable bonds is 5. The Hall–Kier alpha value is -2.21. The molecule has 6 heteroatoms. The van der Waals surface area contributed by atoms with E-state index >= 15 is 0 Å². The van der Waals surface area contributed by atoms with E-state index in [1.54, 1.807) is 19.2 Å². The quantitative estimate of drug-likeness (QED) is 0.807. The number of carboxylic acid groups (broad SMARTS) is 1. The Labute approximate surface area is 130 Å². The Bertz CT molecular complexity index is 673. The lowest BCUT2D eigenvalue weighted by molar-refractivity contribution is 0.0692. The summed E-state index contributed by atoms with van der Waals surface area (Å²) in [5, 5.41) is 9.14. The first-order valence-electron chi connectivity index (χ1n) is 6.09. The number of anilines is 1. The smallest absolute Gasteiger partial charge is 0.339 e. The molecule has 2 rings (SSSR count). The van der Waals surface area contributed by atoms with Crippen molar-refractivity contribution >= 4 is 27.6 Å². The number of aromatic carboxylic acids is 1. The Kier molecular flexibility index (Phi) is 4.70. The zero-order chi connectivity index (χ0) is 15.4. The summed E-state index contributed by atoms with van der Waals surface area (Å²) >= 11 is 3.39. The van der Waals surface area contributed by atoms with Gasteiger partial charge in [-0.05, 0) is 51.8 Å². The second kappa shape index (κ2) is 6.49. The Morgan fingerprint density at radius 1 is 1.24 bits per heavy atom. The highest BCUT2D eigenvalue weighted by Crippen LogP contribution is 2.27. The van der Waals surface area contributed by atoms with Gasteiger partial charge in [0.15, 0.2) is 0 Å². The van der Waals surface area contributed by atoms with Crippen LogP contribution in [0.15, 0.2) is 40.9 Å². The van der Waals surface area contributed by atoms with Gasteiger partial charge in [0.25, 0.3) is 0 Å². The molecule has 0 aliphatic carbocycles. The second-order valence-corrected chi connectivity index (χ2v) is 5.17. The number of carboxylic acids is 1. The normalized spacial score (nSPS) is 10.2. The number of nitrogen functional groups attached to an aromatic ring is 1. The maximum Gasteiger partial charge on any atom is 0.339 e. The lowest BCUT2D eigenvalue weighted by atomic mass is 10.1. The van der Waals surface area contributed by atoms with E-state index in [0.717, 1.165) is 15.8 Å². The number of hydrogen-bond donors (Lipinski definition) is 2. The van der Waals surface area contributed by atoms with E-state index in [2.05, 4.69) is 15.9 Å². The van der Waals surface area contributed by atoms with Crippen molar-refractivity contribution in [3.63, 3.8) is 0 Å². The molecule has 0 radical (unpaired) electrons. The molecule has 2 aromatic rings. The minimum Gasteiger partial charge on any atom is -0.496 e. The molecule has 0 fully saturated rings. The first-order valence-corrected chi connectivity index (χ1v) is 6.88. The van der Waals surface area contributed by atoms with Crippen molar-refractivity contribution in [3.05, 3.63) is 52.0 Å². The molecular weight excluding hydrogens is 338 g/mol. The van der Waals surface area contributed by atoms with Crippen molar-refractivity contribution in [1.29, 1.82) is 0 Å². The number of hydrogen-bond acceptors (Lipinski definition) is 4. The summed E-state index contributed by atoms with van der Waals surface area (Å²) < 4.78 is 11.5. The molecule has 3 N–H and O–H groups in total. The standard InChI is InChI=1S/C15H14BrNO4/c1-20-14-4-2-9(6-12(14)16)8-21-13-5-3-10(17)7-11(13)15(18)19/h2-7H,8,17H2,1H3,(H,18,19). The highest BCUT2D eigenvalue weighted by Gasteiger charge is 2.12. The fourth-order valence-electron chi connectivity index (χ4n) is 1.80. The molecule has 0 saturated heterocycles. The predicted molar refractivity (Wildman–Crippen MR) is 82.8 cm³/mol. The van der Waals surface area contributed by atoms with E-state index in [0.29, 0.717) is 5.69 Å². The number of benzene rings is 2. The van der Waals surface area contributed by atoms with Gasteiger partial charge in [0.2, 0.25) is 0 Å². The summed E-state index contributed by atoms with van der Waals surface area (Å²) in [5.74, 6) is -0.0747. The third kappa shape index (κ3) is 3.66. The van der Waals surface area contributed by atoms with Crippen LogP contribution in [0.25, 0.3) is 0 Å². The van der Waals surface area contributed by atoms with Crippen molar-refractivity contribution in [2.45, 2.75) is 6.61 Å². The van der Waals surface area contributed by atoms with E-state index in [1.165, 1.54) is 6.07 Å². The van der Waals surface area contributed by atoms with Crippen molar-refractivity contribution in [2.75, 3.05) is 12.8 Å². The number of halogens is 1. The summed E-state index contributed by atoms with van der Waals surface area (Å²) in [6.45, 7) is 0.243. The molecule has 21 heavy (non-hydrogen) atoms. The van der Waals surface area contributed by atoms with Crippen LogP contribution in [0.4, 0.5) is 5.69 Å². The van der Waals surface area contributed by atoms with Crippen molar-refractivity contribution in [2.24, 2.45) is 0 Å². The Balaban J connectivity index is 2.16. The van der Waals surface area contributed by atoms with Gasteiger partial charge >= 0.3 is 5.97 Å². The summed E-state index contributed by atoms with van der Waals surface area (Å²) in [6, 6.07) is 10.0. The van der Waals surface area contributed by atoms with E-state index in [9.17, 15) is 4.79 Å². The molecule has 0 spiro atoms. The molecule has 5 nitrogen and oxygen atoms in total. The lowest BCUT2D eigenvalue weighted by Crippen LogP contribution is -2.04. The minimum atomic E-state index is -1.08. The maximum atomic E-state index is 11.2. The van der Waals surface area contributed by atoms with Gasteiger partial charge in [0, 0.05) is 5.69 Å². The molecule has 0 heterocycles. The molecule has 110 valence electrons. The number of methoxy groups -OCH3 is 1. The molecule has 0 amide bonds. The van der Waals surface area contributed by atoms with Crippen molar-refractivity contribution in [1.82, 2.24) is 0 Å². The topological polar surface area (TPSA) is 81.8 Å². The summed E-state index contributed by atoms with van der Waals surface area (Å²) in [4.78, 5) is 11.2. The molecule has 0 bridgehead atoms. The zero-order valence-electron chi connectivity index (χ0n) is 11.3. The van der Waals surface area contributed by atoms with Crippen LogP contribution in [0.3, 0.4) is 0 Å². The van der Waals surface area contributed by atoms with Gasteiger partial charge < -0.3 is 20.3 Å². The molecular formula is C15H14BrNO4. The third-order valence-corrected chi connectivity index (χ3v) is 3.46. The fourth-order valence-corrected chi connectivity index (χ4v) is 2.39. The highest BCUT2D eigenvalue weighted by atomic mass is 79.9. The Morgan fingerprint density at radius 2 is 1.95 bits per heavy atom. The molecule has 2 aromatic carbocycles. The van der Waals surface area contributed by atoms with Gasteiger partial charge in [-0.15, -0.1) is 0 Å². The van der Waals surface area contributed by atoms with Gasteiger partial charge in [-0.3, -0.25) is 0 Å². The molecule has 0 unspecified atom stereocenters. The highest BCUT2D eigenvalue weighted by molar-refractivity contribution is 9.10. The third-order valence-electron chi connectivity index (χ3n) is 2.84. The number of carbonyl (C=O) groups is 1. The second-order valence-electron chi connectivity index (χ2n) is 4.32. The molecule has 0 atom stereocenters. The first kappa shape index (κ1) is 15.2. The average molecular weight is 352 g/mol. The Morgan fingerprint density at radius 3 is 2.57 bits per heavy atom. The van der Waals surface area contributed by atoms with E-state index in [1.807, 2.05) is 18.2 Å². The van der Waals surface area contributed by atoms with Gasteiger partial charge in [-0.25, -0.2) is 4.79 Å². The van der Waals surface area contributed by atoms with Gasteiger partial charge in [-0.2, -0.15) is 0 Å². The SMILES string of the molecule is COc1ccc(COc2ccc(N)cc2C(=O)O)cc1Br. The lowest BCUT2D eigenvalue weighted by Gasteiger charge is -2.11. The van der Waals surface area contributed by atoms with Crippen LogP contribution in [0.1, 0.15) is 15.9 Å². The zero-order valence-corrected chi connectivity index (χ0v) is 12.9. The monoisotopic (exact) mass is 351 g/mol. The van der Waals surface area contributed by atoms with E-state index in [4.69, 9.17) is 20.3 Å². The van der Waals surface area contributed by atoms with Crippen LogP contribution in [0, 0.1) is 0 Å². The average Bonchev–Trinajstić information content (AvgIpc) is 2.46. The van der Waals surface area contributed by atoms with Crippen molar-refractivity contribution < 1.29 is 19.4 Å². The van der Waals surface area contributed by atoms with Gasteiger partial charge in [0.1, 0.15) is 23.7 Å². The van der Waals surface area contributed by atoms with Crippen LogP contribution < -0.4 is 15.2 Å². The van der Waals surface area contributed by atoms with Gasteiger partial charge in [0.05, 0.1) is 11.6 Å². The molecule has 0 saturated carbocycles. The van der Waals surface area contributed by atoms with Gasteiger partial charge in [-0.1, -0.05) is 6.07 Å². The summed E-state index contributed by atoms with van der Waals surface area (Å²) in [6.07, 6.45) is 0. The number of nitrogens with two attached hydrogens (primary N) is 1.